The fourth-order valence-electron chi connectivity index (χ4n) is 4.83. The largest absolute Gasteiger partial charge is 0.485 e. The number of hydrogen-bond acceptors (Lipinski definition) is 3. The molecule has 0 radical (unpaired) electrons. The molecule has 1 fully saturated rings. The van der Waals surface area contributed by atoms with Crippen molar-refractivity contribution < 1.29 is 14.3 Å². The number of carbonyl (C=O) groups is 1. The van der Waals surface area contributed by atoms with Crippen molar-refractivity contribution in [3.63, 3.8) is 0 Å². The second-order valence-electron chi connectivity index (χ2n) is 8.28. The second kappa shape index (κ2) is 6.70. The molecule has 0 saturated heterocycles. The molecule has 0 aromatic heterocycles. The third-order valence-electron chi connectivity index (χ3n) is 6.62. The normalized spacial score (nSPS) is 29.0. The fraction of sp³-hybridized carbons (Fsp3) is 0.458. The molecule has 4 atom stereocenters. The van der Waals surface area contributed by atoms with Crippen LogP contribution in [0.3, 0.4) is 0 Å². The Labute approximate surface area is 161 Å². The molecule has 1 saturated carbocycles. The lowest BCUT2D eigenvalue weighted by Gasteiger charge is -2.42. The number of aryl methyl sites for hydroxylation is 1. The summed E-state index contributed by atoms with van der Waals surface area (Å²) in [5.74, 6) is 2.18. The Morgan fingerprint density at radius 1 is 1.15 bits per heavy atom. The van der Waals surface area contributed by atoms with Crippen LogP contribution in [0.4, 0.5) is 0 Å². The van der Waals surface area contributed by atoms with Crippen molar-refractivity contribution in [1.29, 1.82) is 0 Å². The molecule has 1 aliphatic heterocycles. The number of Topliss-reactive ketones (excluding diaryl/α,β-unsaturated/α-hetero) is 1. The molecule has 0 spiro atoms. The molecule has 1 aliphatic carbocycles. The summed E-state index contributed by atoms with van der Waals surface area (Å²) in [6.45, 7) is 9.14. The average molecular weight is 364 g/mol. The molecule has 0 bridgehead atoms. The Morgan fingerprint density at radius 2 is 1.89 bits per heavy atom. The van der Waals surface area contributed by atoms with E-state index in [0.29, 0.717) is 12.5 Å². The van der Waals surface area contributed by atoms with Gasteiger partial charge in [-0.15, -0.1) is 0 Å². The summed E-state index contributed by atoms with van der Waals surface area (Å²) in [7, 11) is 0. The third kappa shape index (κ3) is 2.75. The van der Waals surface area contributed by atoms with Gasteiger partial charge in [-0.2, -0.15) is 0 Å². The number of ether oxygens (including phenoxy) is 2. The van der Waals surface area contributed by atoms with E-state index < -0.39 is 6.10 Å². The molecule has 0 N–H and O–H groups in total. The Kier molecular flexibility index (Phi) is 4.49. The van der Waals surface area contributed by atoms with Crippen LogP contribution in [0.25, 0.3) is 0 Å². The Hall–Kier alpha value is -2.29. The monoisotopic (exact) mass is 364 g/mol. The number of hydrogen-bond donors (Lipinski definition) is 0. The summed E-state index contributed by atoms with van der Waals surface area (Å²) in [6, 6.07) is 14.3. The first-order valence-electron chi connectivity index (χ1n) is 10.00. The minimum atomic E-state index is -0.405. The van der Waals surface area contributed by atoms with E-state index in [4.69, 9.17) is 9.47 Å². The fourth-order valence-corrected chi connectivity index (χ4v) is 4.83. The van der Waals surface area contributed by atoms with Crippen LogP contribution in [0.2, 0.25) is 0 Å². The zero-order valence-electron chi connectivity index (χ0n) is 16.6. The Bertz CT molecular complexity index is 857. The maximum Gasteiger partial charge on any atom is 0.177 e. The van der Waals surface area contributed by atoms with E-state index in [-0.39, 0.29) is 17.1 Å². The number of fused-ring (bicyclic) bond motifs is 3. The maximum absolute atomic E-state index is 13.0. The van der Waals surface area contributed by atoms with E-state index in [0.717, 1.165) is 29.9 Å². The molecule has 0 amide bonds. The van der Waals surface area contributed by atoms with Crippen molar-refractivity contribution >= 4 is 5.78 Å². The number of carbonyl (C=O) groups excluding carboxylic acids is 1. The Morgan fingerprint density at radius 3 is 2.59 bits per heavy atom. The van der Waals surface area contributed by atoms with E-state index in [1.54, 1.807) is 0 Å². The van der Waals surface area contributed by atoms with E-state index in [1.165, 1.54) is 11.1 Å². The zero-order chi connectivity index (χ0) is 19.2. The predicted molar refractivity (Wildman–Crippen MR) is 106 cm³/mol. The molecule has 3 unspecified atom stereocenters. The zero-order valence-corrected chi connectivity index (χ0v) is 16.6. The van der Waals surface area contributed by atoms with E-state index in [2.05, 4.69) is 39.0 Å². The van der Waals surface area contributed by atoms with E-state index in [1.807, 2.05) is 31.2 Å². The van der Waals surface area contributed by atoms with Crippen LogP contribution in [-0.2, 0) is 23.2 Å². The summed E-state index contributed by atoms with van der Waals surface area (Å²) in [6.07, 6.45) is 1.43. The molecule has 2 aromatic rings. The van der Waals surface area contributed by atoms with Crippen molar-refractivity contribution in [3.05, 3.63) is 59.2 Å². The van der Waals surface area contributed by atoms with Gasteiger partial charge in [0.05, 0.1) is 0 Å². The van der Waals surface area contributed by atoms with Crippen LogP contribution in [0, 0.1) is 11.8 Å². The minimum absolute atomic E-state index is 0.0474. The van der Waals surface area contributed by atoms with E-state index in [9.17, 15) is 4.79 Å². The van der Waals surface area contributed by atoms with Crippen LogP contribution >= 0.6 is 0 Å². The standard InChI is InChI=1S/C24H28O3/c1-5-18-11-12-19(26-14-17-9-7-6-8-10-17)22-20(18)24(4)16(3)13-15(2)21(25)23(24)27-22/h6-12,15-16,23H,5,13-14H2,1-4H3/t15?,16?,23-,24?/m0/s1. The van der Waals surface area contributed by atoms with Gasteiger partial charge in [0.1, 0.15) is 6.61 Å². The van der Waals surface area contributed by atoms with Crippen LogP contribution in [0.5, 0.6) is 11.5 Å². The average Bonchev–Trinajstić information content (AvgIpc) is 3.01. The van der Waals surface area contributed by atoms with E-state index >= 15 is 0 Å². The summed E-state index contributed by atoms with van der Waals surface area (Å²) in [5.41, 5.74) is 3.28. The highest BCUT2D eigenvalue weighted by molar-refractivity contribution is 5.90. The first-order valence-corrected chi connectivity index (χ1v) is 10.00. The van der Waals surface area contributed by atoms with Crippen molar-refractivity contribution in [1.82, 2.24) is 0 Å². The van der Waals surface area contributed by atoms with Crippen LogP contribution in [0.1, 0.15) is 50.8 Å². The lowest BCUT2D eigenvalue weighted by Crippen LogP contribution is -2.52. The van der Waals surface area contributed by atoms with Gasteiger partial charge in [0.25, 0.3) is 0 Å². The molecule has 2 aliphatic rings. The van der Waals surface area contributed by atoms with Gasteiger partial charge in [0.2, 0.25) is 0 Å². The summed E-state index contributed by atoms with van der Waals surface area (Å²) >= 11 is 0. The van der Waals surface area contributed by atoms with Crippen LogP contribution in [-0.4, -0.2) is 11.9 Å². The van der Waals surface area contributed by atoms with Gasteiger partial charge in [-0.25, -0.2) is 0 Å². The van der Waals surface area contributed by atoms with Crippen molar-refractivity contribution in [2.75, 3.05) is 0 Å². The SMILES string of the molecule is CCc1ccc(OCc2ccccc2)c2c1C1(C)C(C)CC(C)C(=O)[C@@H]1O2. The van der Waals surface area contributed by atoms with Crippen molar-refractivity contribution in [2.45, 2.75) is 58.7 Å². The number of rotatable bonds is 4. The molecule has 1 heterocycles. The highest BCUT2D eigenvalue weighted by Crippen LogP contribution is 2.56. The van der Waals surface area contributed by atoms with Crippen molar-refractivity contribution in [3.8, 4) is 11.5 Å². The summed E-state index contributed by atoms with van der Waals surface area (Å²) < 4.78 is 12.5. The highest BCUT2D eigenvalue weighted by atomic mass is 16.5. The maximum atomic E-state index is 13.0. The number of benzene rings is 2. The number of ketones is 1. The minimum Gasteiger partial charge on any atom is -0.485 e. The van der Waals surface area contributed by atoms with Gasteiger partial charge in [-0.1, -0.05) is 64.1 Å². The van der Waals surface area contributed by atoms with Gasteiger partial charge in [-0.05, 0) is 36.0 Å². The van der Waals surface area contributed by atoms with Gasteiger partial charge >= 0.3 is 0 Å². The quantitative estimate of drug-likeness (QED) is 0.758. The smallest absolute Gasteiger partial charge is 0.177 e. The molecule has 3 nitrogen and oxygen atoms in total. The molecule has 142 valence electrons. The lowest BCUT2D eigenvalue weighted by molar-refractivity contribution is -0.136. The predicted octanol–water partition coefficient (Wildman–Crippen LogP) is 5.09. The topological polar surface area (TPSA) is 35.5 Å². The van der Waals surface area contributed by atoms with Gasteiger partial charge < -0.3 is 9.47 Å². The molecule has 27 heavy (non-hydrogen) atoms. The molecular formula is C24H28O3. The second-order valence-corrected chi connectivity index (χ2v) is 8.28. The lowest BCUT2D eigenvalue weighted by atomic mass is 9.60. The first kappa shape index (κ1) is 18.1. The summed E-state index contributed by atoms with van der Waals surface area (Å²) in [4.78, 5) is 13.0. The molecule has 3 heteroatoms. The van der Waals surface area contributed by atoms with Crippen LogP contribution < -0.4 is 9.47 Å². The molecule has 2 aromatic carbocycles. The highest BCUT2D eigenvalue weighted by Gasteiger charge is 2.57. The third-order valence-corrected chi connectivity index (χ3v) is 6.62. The first-order chi connectivity index (χ1) is 13.0. The Balaban J connectivity index is 1.75. The van der Waals surface area contributed by atoms with Gasteiger partial charge in [0.15, 0.2) is 23.4 Å². The summed E-state index contributed by atoms with van der Waals surface area (Å²) in [5, 5.41) is 0. The molecule has 4 rings (SSSR count). The van der Waals surface area contributed by atoms with Crippen LogP contribution in [0.15, 0.2) is 42.5 Å². The van der Waals surface area contributed by atoms with Gasteiger partial charge in [-0.3, -0.25) is 4.79 Å². The van der Waals surface area contributed by atoms with Gasteiger partial charge in [0, 0.05) is 16.9 Å². The molecular weight excluding hydrogens is 336 g/mol. The van der Waals surface area contributed by atoms with Crippen molar-refractivity contribution in [2.24, 2.45) is 11.8 Å².